The summed E-state index contributed by atoms with van der Waals surface area (Å²) < 4.78 is 9.85. The zero-order chi connectivity index (χ0) is 11.4. The lowest BCUT2D eigenvalue weighted by Crippen LogP contribution is -2.37. The largest absolute Gasteiger partial charge is 0.469 e. The van der Waals surface area contributed by atoms with Crippen LogP contribution in [0.1, 0.15) is 18.6 Å². The van der Waals surface area contributed by atoms with Gasteiger partial charge in [0.2, 0.25) is 5.91 Å². The lowest BCUT2D eigenvalue weighted by molar-refractivity contribution is -0.141. The van der Waals surface area contributed by atoms with Gasteiger partial charge in [-0.05, 0) is 12.1 Å². The van der Waals surface area contributed by atoms with Gasteiger partial charge in [0.05, 0.1) is 12.9 Å². The number of ether oxygens (including phenoxy) is 1. The van der Waals surface area contributed by atoms with E-state index in [2.05, 4.69) is 5.32 Å². The van der Waals surface area contributed by atoms with Gasteiger partial charge < -0.3 is 14.5 Å². The average molecular weight is 223 g/mol. The quantitative estimate of drug-likeness (QED) is 0.761. The number of hydrogen-bond acceptors (Lipinski definition) is 4. The molecule has 5 heteroatoms. The fourth-order valence-electron chi connectivity index (χ4n) is 1.58. The SMILES string of the molecule is O=C(CCc1ccco1)N[C@H]1CCOC1=O. The number of rotatable bonds is 4. The van der Waals surface area contributed by atoms with Gasteiger partial charge in [-0.15, -0.1) is 0 Å². The lowest BCUT2D eigenvalue weighted by atomic mass is 10.2. The summed E-state index contributed by atoms with van der Waals surface area (Å²) in [5, 5.41) is 2.64. The monoisotopic (exact) mass is 223 g/mol. The first-order chi connectivity index (χ1) is 7.75. The van der Waals surface area contributed by atoms with E-state index in [1.165, 1.54) is 0 Å². The third-order valence-electron chi connectivity index (χ3n) is 2.45. The highest BCUT2D eigenvalue weighted by molar-refractivity contribution is 5.85. The zero-order valence-electron chi connectivity index (χ0n) is 8.77. The molecule has 1 aromatic heterocycles. The van der Waals surface area contributed by atoms with E-state index in [1.54, 1.807) is 12.3 Å². The molecule has 0 bridgehead atoms. The van der Waals surface area contributed by atoms with E-state index in [9.17, 15) is 9.59 Å². The minimum Gasteiger partial charge on any atom is -0.469 e. The maximum atomic E-state index is 11.5. The molecule has 1 saturated heterocycles. The molecule has 0 aliphatic carbocycles. The molecule has 1 aromatic rings. The van der Waals surface area contributed by atoms with Gasteiger partial charge in [-0.25, -0.2) is 4.79 Å². The second-order valence-electron chi connectivity index (χ2n) is 3.66. The predicted octanol–water partition coefficient (Wildman–Crippen LogP) is 0.644. The summed E-state index contributed by atoms with van der Waals surface area (Å²) in [6.07, 6.45) is 2.99. The molecular formula is C11H13NO4. The highest BCUT2D eigenvalue weighted by Gasteiger charge is 2.27. The van der Waals surface area contributed by atoms with Crippen molar-refractivity contribution in [2.24, 2.45) is 0 Å². The van der Waals surface area contributed by atoms with Crippen molar-refractivity contribution in [1.29, 1.82) is 0 Å². The lowest BCUT2D eigenvalue weighted by Gasteiger charge is -2.07. The van der Waals surface area contributed by atoms with Crippen LogP contribution >= 0.6 is 0 Å². The van der Waals surface area contributed by atoms with Gasteiger partial charge in [0, 0.05) is 19.3 Å². The van der Waals surface area contributed by atoms with Gasteiger partial charge in [-0.1, -0.05) is 0 Å². The molecule has 0 unspecified atom stereocenters. The average Bonchev–Trinajstić information content (AvgIpc) is 2.88. The van der Waals surface area contributed by atoms with Gasteiger partial charge in [0.1, 0.15) is 11.8 Å². The molecule has 2 heterocycles. The Morgan fingerprint density at radius 3 is 3.06 bits per heavy atom. The number of furan rings is 1. The van der Waals surface area contributed by atoms with E-state index >= 15 is 0 Å². The Morgan fingerprint density at radius 2 is 2.44 bits per heavy atom. The maximum Gasteiger partial charge on any atom is 0.328 e. The molecule has 5 nitrogen and oxygen atoms in total. The molecule has 1 aliphatic heterocycles. The number of aryl methyl sites for hydroxylation is 1. The Kier molecular flexibility index (Phi) is 3.24. The van der Waals surface area contributed by atoms with Crippen molar-refractivity contribution in [3.8, 4) is 0 Å². The highest BCUT2D eigenvalue weighted by atomic mass is 16.5. The van der Waals surface area contributed by atoms with Crippen LogP contribution < -0.4 is 5.32 Å². The second kappa shape index (κ2) is 4.83. The van der Waals surface area contributed by atoms with Crippen molar-refractivity contribution in [3.05, 3.63) is 24.2 Å². The van der Waals surface area contributed by atoms with Crippen molar-refractivity contribution < 1.29 is 18.7 Å². The van der Waals surface area contributed by atoms with Crippen molar-refractivity contribution in [2.45, 2.75) is 25.3 Å². The normalized spacial score (nSPS) is 19.5. The van der Waals surface area contributed by atoms with Crippen LogP contribution in [0.25, 0.3) is 0 Å². The van der Waals surface area contributed by atoms with E-state index in [0.717, 1.165) is 5.76 Å². The standard InChI is InChI=1S/C11H13NO4/c13-10(4-3-8-2-1-6-15-8)12-9-5-7-16-11(9)14/h1-2,6,9H,3-5,7H2,(H,12,13)/t9-/m0/s1. The summed E-state index contributed by atoms with van der Waals surface area (Å²) in [5.74, 6) is 0.274. The predicted molar refractivity (Wildman–Crippen MR) is 54.5 cm³/mol. The number of carbonyl (C=O) groups is 2. The summed E-state index contributed by atoms with van der Waals surface area (Å²) in [5.41, 5.74) is 0. The molecule has 0 radical (unpaired) electrons. The molecule has 0 saturated carbocycles. The summed E-state index contributed by atoms with van der Waals surface area (Å²) in [7, 11) is 0. The number of nitrogens with one attached hydrogen (secondary N) is 1. The Hall–Kier alpha value is -1.78. The van der Waals surface area contributed by atoms with Gasteiger partial charge in [-0.2, -0.15) is 0 Å². The summed E-state index contributed by atoms with van der Waals surface area (Å²) >= 11 is 0. The van der Waals surface area contributed by atoms with Crippen molar-refractivity contribution in [2.75, 3.05) is 6.61 Å². The van der Waals surface area contributed by atoms with E-state index in [0.29, 0.717) is 25.9 Å². The number of amides is 1. The fourth-order valence-corrected chi connectivity index (χ4v) is 1.58. The van der Waals surface area contributed by atoms with Crippen molar-refractivity contribution in [3.63, 3.8) is 0 Å². The first kappa shape index (κ1) is 10.7. The van der Waals surface area contributed by atoms with Gasteiger partial charge >= 0.3 is 5.97 Å². The van der Waals surface area contributed by atoms with Crippen LogP contribution in [-0.4, -0.2) is 24.5 Å². The minimum absolute atomic E-state index is 0.153. The van der Waals surface area contributed by atoms with Crippen LogP contribution in [0.4, 0.5) is 0 Å². The van der Waals surface area contributed by atoms with Crippen LogP contribution in [0, 0.1) is 0 Å². The first-order valence-electron chi connectivity index (χ1n) is 5.24. The van der Waals surface area contributed by atoms with E-state index < -0.39 is 6.04 Å². The van der Waals surface area contributed by atoms with Crippen molar-refractivity contribution >= 4 is 11.9 Å². The fraction of sp³-hybridized carbons (Fsp3) is 0.455. The molecule has 1 fully saturated rings. The van der Waals surface area contributed by atoms with Crippen LogP contribution in [0.5, 0.6) is 0 Å². The number of hydrogen-bond donors (Lipinski definition) is 1. The van der Waals surface area contributed by atoms with Gasteiger partial charge in [0.25, 0.3) is 0 Å². The molecule has 0 aromatic carbocycles. The number of carbonyl (C=O) groups excluding carboxylic acids is 2. The third kappa shape index (κ3) is 2.62. The van der Waals surface area contributed by atoms with Crippen LogP contribution in [0.15, 0.2) is 22.8 Å². The van der Waals surface area contributed by atoms with E-state index in [4.69, 9.17) is 9.15 Å². The Morgan fingerprint density at radius 1 is 1.56 bits per heavy atom. The van der Waals surface area contributed by atoms with Crippen molar-refractivity contribution in [1.82, 2.24) is 5.32 Å². The van der Waals surface area contributed by atoms with Crippen LogP contribution in [0.3, 0.4) is 0 Å². The molecule has 0 spiro atoms. The first-order valence-corrected chi connectivity index (χ1v) is 5.24. The zero-order valence-corrected chi connectivity index (χ0v) is 8.77. The maximum absolute atomic E-state index is 11.5. The van der Waals surface area contributed by atoms with Gasteiger partial charge in [0.15, 0.2) is 0 Å². The molecule has 1 aliphatic rings. The highest BCUT2D eigenvalue weighted by Crippen LogP contribution is 2.07. The van der Waals surface area contributed by atoms with E-state index in [-0.39, 0.29) is 11.9 Å². The molecular weight excluding hydrogens is 210 g/mol. The molecule has 1 N–H and O–H groups in total. The number of esters is 1. The third-order valence-corrected chi connectivity index (χ3v) is 2.45. The summed E-state index contributed by atoms with van der Waals surface area (Å²) in [4.78, 5) is 22.6. The second-order valence-corrected chi connectivity index (χ2v) is 3.66. The smallest absolute Gasteiger partial charge is 0.328 e. The van der Waals surface area contributed by atoms with Crippen LogP contribution in [-0.2, 0) is 20.7 Å². The molecule has 1 amide bonds. The van der Waals surface area contributed by atoms with E-state index in [1.807, 2.05) is 6.07 Å². The minimum atomic E-state index is -0.468. The molecule has 1 atom stereocenters. The molecule has 16 heavy (non-hydrogen) atoms. The van der Waals surface area contributed by atoms with Crippen LogP contribution in [0.2, 0.25) is 0 Å². The Bertz CT molecular complexity index is 371. The Balaban J connectivity index is 1.74. The summed E-state index contributed by atoms with van der Waals surface area (Å²) in [6, 6.07) is 3.13. The topological polar surface area (TPSA) is 68.5 Å². The molecule has 2 rings (SSSR count). The Labute approximate surface area is 92.8 Å². The molecule has 86 valence electrons. The number of cyclic esters (lactones) is 1. The summed E-state index contributed by atoms with van der Waals surface area (Å²) in [6.45, 7) is 0.391. The van der Waals surface area contributed by atoms with Gasteiger partial charge in [-0.3, -0.25) is 4.79 Å².